The Kier molecular flexibility index (Phi) is 2.56. The molecule has 2 heterocycles. The molecule has 2 N–H and O–H groups in total. The van der Waals surface area contributed by atoms with Crippen molar-refractivity contribution in [2.24, 2.45) is 0 Å². The summed E-state index contributed by atoms with van der Waals surface area (Å²) in [7, 11) is 0. The molecule has 7 heteroatoms. The van der Waals surface area contributed by atoms with Gasteiger partial charge in [-0.2, -0.15) is 10.3 Å². The first-order chi connectivity index (χ1) is 8.84. The van der Waals surface area contributed by atoms with E-state index in [0.717, 1.165) is 10.8 Å². The zero-order valence-corrected chi connectivity index (χ0v) is 9.70. The van der Waals surface area contributed by atoms with E-state index in [2.05, 4.69) is 36.1 Å². The lowest BCUT2D eigenvalue weighted by molar-refractivity contribution is 0.785. The topological polar surface area (TPSA) is 92.3 Å². The number of anilines is 1. The average Bonchev–Trinajstić information content (AvgIpc) is 2.93. The Morgan fingerprint density at radius 1 is 1.22 bits per heavy atom. The number of nitrogens with zero attached hydrogens (tertiary/aromatic N) is 5. The summed E-state index contributed by atoms with van der Waals surface area (Å²) >= 11 is 0. The maximum Gasteiger partial charge on any atom is 0.196 e. The highest BCUT2D eigenvalue weighted by atomic mass is 15.5. The Morgan fingerprint density at radius 3 is 2.94 bits per heavy atom. The van der Waals surface area contributed by atoms with E-state index in [9.17, 15) is 0 Å². The van der Waals surface area contributed by atoms with Crippen LogP contribution in [0.4, 0.5) is 5.82 Å². The van der Waals surface area contributed by atoms with Crippen LogP contribution >= 0.6 is 0 Å². The highest BCUT2D eigenvalue weighted by Gasteiger charge is 2.12. The molecule has 0 saturated carbocycles. The van der Waals surface area contributed by atoms with Crippen LogP contribution in [0, 0.1) is 0 Å². The molecule has 7 nitrogen and oxygen atoms in total. The molecule has 90 valence electrons. The summed E-state index contributed by atoms with van der Waals surface area (Å²) < 4.78 is 0. The van der Waals surface area contributed by atoms with Gasteiger partial charge in [-0.15, -0.1) is 15.3 Å². The molecule has 3 aromatic rings. The molecular formula is C11H11N7. The van der Waals surface area contributed by atoms with E-state index in [1.165, 1.54) is 0 Å². The molecule has 0 bridgehead atoms. The van der Waals surface area contributed by atoms with Crippen LogP contribution in [0.15, 0.2) is 30.5 Å². The number of rotatable bonds is 3. The lowest BCUT2D eigenvalue weighted by Crippen LogP contribution is -2.10. The lowest BCUT2D eigenvalue weighted by atomic mass is 10.2. The SMILES string of the molecule is CC(Nc1nncc2ccccc12)c1nn[nH]n1. The van der Waals surface area contributed by atoms with Crippen LogP contribution in [0.5, 0.6) is 0 Å². The maximum absolute atomic E-state index is 4.11. The standard InChI is InChI=1S/C11H11N7/c1-7(10-15-17-18-16-10)13-11-9-5-3-2-4-8(9)6-12-14-11/h2-7H,1H3,(H,13,14)(H,15,16,17,18). The molecule has 0 amide bonds. The molecule has 0 aliphatic carbocycles. The minimum absolute atomic E-state index is 0.0937. The van der Waals surface area contributed by atoms with Crippen LogP contribution < -0.4 is 5.32 Å². The van der Waals surface area contributed by atoms with Crippen LogP contribution in [0.1, 0.15) is 18.8 Å². The number of aromatic amines is 1. The number of tetrazole rings is 1. The van der Waals surface area contributed by atoms with E-state index in [4.69, 9.17) is 0 Å². The molecule has 0 spiro atoms. The van der Waals surface area contributed by atoms with Crippen molar-refractivity contribution in [2.75, 3.05) is 5.32 Å². The van der Waals surface area contributed by atoms with Crippen LogP contribution in [0.2, 0.25) is 0 Å². The van der Waals surface area contributed by atoms with Gasteiger partial charge in [0.2, 0.25) is 0 Å². The third kappa shape index (κ3) is 1.86. The van der Waals surface area contributed by atoms with Crippen molar-refractivity contribution >= 4 is 16.6 Å². The fraction of sp³-hybridized carbons (Fsp3) is 0.182. The van der Waals surface area contributed by atoms with Gasteiger partial charge in [-0.05, 0) is 6.92 Å². The molecule has 0 aliphatic rings. The predicted molar refractivity (Wildman–Crippen MR) is 65.8 cm³/mol. The van der Waals surface area contributed by atoms with Gasteiger partial charge >= 0.3 is 0 Å². The Morgan fingerprint density at radius 2 is 2.11 bits per heavy atom. The van der Waals surface area contributed by atoms with Crippen molar-refractivity contribution < 1.29 is 0 Å². The van der Waals surface area contributed by atoms with Crippen molar-refractivity contribution in [1.82, 2.24) is 30.8 Å². The number of hydrogen-bond acceptors (Lipinski definition) is 6. The minimum Gasteiger partial charge on any atom is -0.358 e. The Labute approximate surface area is 103 Å². The fourth-order valence-corrected chi connectivity index (χ4v) is 1.76. The Hall–Kier alpha value is -2.57. The zero-order valence-electron chi connectivity index (χ0n) is 9.70. The number of hydrogen-bond donors (Lipinski definition) is 2. The first-order valence-corrected chi connectivity index (χ1v) is 5.55. The van der Waals surface area contributed by atoms with E-state index < -0.39 is 0 Å². The lowest BCUT2D eigenvalue weighted by Gasteiger charge is -2.11. The smallest absolute Gasteiger partial charge is 0.196 e. The minimum atomic E-state index is -0.0937. The van der Waals surface area contributed by atoms with Crippen molar-refractivity contribution in [3.05, 3.63) is 36.3 Å². The van der Waals surface area contributed by atoms with E-state index in [-0.39, 0.29) is 6.04 Å². The summed E-state index contributed by atoms with van der Waals surface area (Å²) in [4.78, 5) is 0. The third-order valence-electron chi connectivity index (χ3n) is 2.67. The quantitative estimate of drug-likeness (QED) is 0.718. The number of H-pyrrole nitrogens is 1. The number of benzene rings is 1. The monoisotopic (exact) mass is 241 g/mol. The number of aromatic nitrogens is 6. The van der Waals surface area contributed by atoms with E-state index in [1.54, 1.807) is 6.20 Å². The van der Waals surface area contributed by atoms with Gasteiger partial charge in [0, 0.05) is 10.8 Å². The van der Waals surface area contributed by atoms with Gasteiger partial charge in [-0.25, -0.2) is 0 Å². The second kappa shape index (κ2) is 4.36. The summed E-state index contributed by atoms with van der Waals surface area (Å²) in [5, 5.41) is 27.2. The van der Waals surface area contributed by atoms with Crippen LogP contribution in [0.25, 0.3) is 10.8 Å². The first kappa shape index (κ1) is 10.6. The summed E-state index contributed by atoms with van der Waals surface area (Å²) in [6.07, 6.45) is 1.74. The number of fused-ring (bicyclic) bond motifs is 1. The molecule has 1 unspecified atom stereocenters. The van der Waals surface area contributed by atoms with Gasteiger partial charge in [0.15, 0.2) is 11.6 Å². The van der Waals surface area contributed by atoms with Crippen molar-refractivity contribution in [3.8, 4) is 0 Å². The van der Waals surface area contributed by atoms with Crippen molar-refractivity contribution in [2.45, 2.75) is 13.0 Å². The summed E-state index contributed by atoms with van der Waals surface area (Å²) in [5.74, 6) is 1.30. The fourth-order valence-electron chi connectivity index (χ4n) is 1.76. The van der Waals surface area contributed by atoms with Crippen molar-refractivity contribution in [1.29, 1.82) is 0 Å². The molecular weight excluding hydrogens is 230 g/mol. The second-order valence-electron chi connectivity index (χ2n) is 3.92. The molecule has 0 aliphatic heterocycles. The van der Waals surface area contributed by atoms with E-state index in [1.807, 2.05) is 31.2 Å². The van der Waals surface area contributed by atoms with Gasteiger partial charge in [0.25, 0.3) is 0 Å². The second-order valence-corrected chi connectivity index (χ2v) is 3.92. The summed E-state index contributed by atoms with van der Waals surface area (Å²) in [5.41, 5.74) is 0. The van der Waals surface area contributed by atoms with Crippen LogP contribution in [-0.4, -0.2) is 30.8 Å². The third-order valence-corrected chi connectivity index (χ3v) is 2.67. The van der Waals surface area contributed by atoms with E-state index in [0.29, 0.717) is 11.6 Å². The highest BCUT2D eigenvalue weighted by molar-refractivity contribution is 5.90. The molecule has 3 rings (SSSR count). The molecule has 0 saturated heterocycles. The number of nitrogens with one attached hydrogen (secondary N) is 2. The highest BCUT2D eigenvalue weighted by Crippen LogP contribution is 2.22. The summed E-state index contributed by atoms with van der Waals surface area (Å²) in [6.45, 7) is 1.94. The summed E-state index contributed by atoms with van der Waals surface area (Å²) in [6, 6.07) is 7.83. The molecule has 0 fully saturated rings. The van der Waals surface area contributed by atoms with E-state index >= 15 is 0 Å². The zero-order chi connectivity index (χ0) is 12.4. The normalized spacial score (nSPS) is 12.5. The molecule has 1 aromatic carbocycles. The largest absolute Gasteiger partial charge is 0.358 e. The van der Waals surface area contributed by atoms with Gasteiger partial charge in [0.1, 0.15) is 0 Å². The molecule has 18 heavy (non-hydrogen) atoms. The van der Waals surface area contributed by atoms with Gasteiger partial charge in [-0.3, -0.25) is 0 Å². The Balaban J connectivity index is 1.95. The predicted octanol–water partition coefficient (Wildman–Crippen LogP) is 1.32. The average molecular weight is 241 g/mol. The van der Waals surface area contributed by atoms with Gasteiger partial charge in [0.05, 0.1) is 12.2 Å². The van der Waals surface area contributed by atoms with Crippen molar-refractivity contribution in [3.63, 3.8) is 0 Å². The molecule has 0 radical (unpaired) electrons. The van der Waals surface area contributed by atoms with Crippen LogP contribution in [-0.2, 0) is 0 Å². The van der Waals surface area contributed by atoms with Gasteiger partial charge in [-0.1, -0.05) is 29.5 Å². The van der Waals surface area contributed by atoms with Crippen LogP contribution in [0.3, 0.4) is 0 Å². The Bertz CT molecular complexity index is 644. The first-order valence-electron chi connectivity index (χ1n) is 5.55. The van der Waals surface area contributed by atoms with Gasteiger partial charge < -0.3 is 5.32 Å². The molecule has 2 aromatic heterocycles. The molecule has 1 atom stereocenters. The maximum atomic E-state index is 4.11.